The van der Waals surface area contributed by atoms with Crippen LogP contribution in [0.3, 0.4) is 0 Å². The van der Waals surface area contributed by atoms with E-state index >= 15 is 0 Å². The van der Waals surface area contributed by atoms with E-state index in [9.17, 15) is 12.8 Å². The average Bonchev–Trinajstić information content (AvgIpc) is 2.86. The Labute approximate surface area is 129 Å². The van der Waals surface area contributed by atoms with Crippen LogP contribution in [0.5, 0.6) is 0 Å². The highest BCUT2D eigenvalue weighted by Gasteiger charge is 2.31. The second-order valence-electron chi connectivity index (χ2n) is 5.92. The molecule has 0 atom stereocenters. The monoisotopic (exact) mass is 334 g/mol. The standard InChI is InChI=1S/C14H20ClFN2O2S/c1-14(4-2-3-5-14)9-18-21(19,20)12-7-11(15)6-10(8-17)13(12)16/h6-7,18H,2-5,8-9,17H2,1H3. The van der Waals surface area contributed by atoms with Crippen molar-refractivity contribution in [3.05, 3.63) is 28.5 Å². The van der Waals surface area contributed by atoms with Gasteiger partial charge in [0.05, 0.1) is 0 Å². The zero-order valence-electron chi connectivity index (χ0n) is 12.0. The molecule has 0 aliphatic heterocycles. The SMILES string of the molecule is CC1(CNS(=O)(=O)c2cc(Cl)cc(CN)c2F)CCCC1. The highest BCUT2D eigenvalue weighted by Crippen LogP contribution is 2.37. The molecule has 0 aromatic heterocycles. The molecule has 1 aliphatic carbocycles. The molecule has 0 heterocycles. The number of hydrogen-bond acceptors (Lipinski definition) is 3. The normalized spacial score (nSPS) is 18.1. The topological polar surface area (TPSA) is 72.2 Å². The lowest BCUT2D eigenvalue weighted by atomic mass is 9.89. The fourth-order valence-corrected chi connectivity index (χ4v) is 4.36. The maximum Gasteiger partial charge on any atom is 0.243 e. The van der Waals surface area contributed by atoms with Gasteiger partial charge in [-0.05, 0) is 30.4 Å². The predicted molar refractivity (Wildman–Crippen MR) is 81.1 cm³/mol. The summed E-state index contributed by atoms with van der Waals surface area (Å²) >= 11 is 5.85. The lowest BCUT2D eigenvalue weighted by Crippen LogP contribution is -2.34. The van der Waals surface area contributed by atoms with Crippen molar-refractivity contribution in [3.63, 3.8) is 0 Å². The van der Waals surface area contributed by atoms with Gasteiger partial charge in [-0.15, -0.1) is 0 Å². The van der Waals surface area contributed by atoms with Gasteiger partial charge in [-0.25, -0.2) is 17.5 Å². The van der Waals surface area contributed by atoms with Gasteiger partial charge in [-0.3, -0.25) is 0 Å². The second kappa shape index (κ2) is 6.20. The van der Waals surface area contributed by atoms with Crippen LogP contribution in [0.4, 0.5) is 4.39 Å². The van der Waals surface area contributed by atoms with E-state index in [1.807, 2.05) is 6.92 Å². The van der Waals surface area contributed by atoms with Crippen LogP contribution in [0.25, 0.3) is 0 Å². The van der Waals surface area contributed by atoms with E-state index in [-0.39, 0.29) is 22.5 Å². The summed E-state index contributed by atoms with van der Waals surface area (Å²) in [5.74, 6) is -0.828. The molecule has 2 rings (SSSR count). The third kappa shape index (κ3) is 3.74. The van der Waals surface area contributed by atoms with Crippen LogP contribution in [-0.4, -0.2) is 15.0 Å². The molecular formula is C14H20ClFN2O2S. The van der Waals surface area contributed by atoms with Gasteiger partial charge in [0.2, 0.25) is 10.0 Å². The van der Waals surface area contributed by atoms with Crippen LogP contribution >= 0.6 is 11.6 Å². The molecule has 1 aliphatic rings. The molecule has 0 unspecified atom stereocenters. The molecule has 1 fully saturated rings. The molecule has 3 N–H and O–H groups in total. The van der Waals surface area contributed by atoms with E-state index in [1.54, 1.807) is 0 Å². The predicted octanol–water partition coefficient (Wildman–Crippen LogP) is 2.80. The molecule has 118 valence electrons. The van der Waals surface area contributed by atoms with Crippen LogP contribution in [-0.2, 0) is 16.6 Å². The molecular weight excluding hydrogens is 315 g/mol. The fraction of sp³-hybridized carbons (Fsp3) is 0.571. The molecule has 21 heavy (non-hydrogen) atoms. The van der Waals surface area contributed by atoms with Crippen molar-refractivity contribution in [3.8, 4) is 0 Å². The summed E-state index contributed by atoms with van der Waals surface area (Å²) in [5, 5.41) is 0.157. The van der Waals surface area contributed by atoms with Gasteiger partial charge in [0, 0.05) is 23.7 Å². The molecule has 1 aromatic carbocycles. The van der Waals surface area contributed by atoms with Gasteiger partial charge in [0.15, 0.2) is 0 Å². The lowest BCUT2D eigenvalue weighted by molar-refractivity contribution is 0.336. The number of nitrogens with two attached hydrogens (primary N) is 1. The van der Waals surface area contributed by atoms with Gasteiger partial charge < -0.3 is 5.73 Å². The summed E-state index contributed by atoms with van der Waals surface area (Å²) in [6.45, 7) is 2.24. The van der Waals surface area contributed by atoms with E-state index < -0.39 is 20.7 Å². The summed E-state index contributed by atoms with van der Waals surface area (Å²) in [5.41, 5.74) is 5.45. The maximum absolute atomic E-state index is 14.2. The first-order valence-corrected chi connectivity index (χ1v) is 8.81. The van der Waals surface area contributed by atoms with Crippen molar-refractivity contribution in [2.24, 2.45) is 11.1 Å². The Morgan fingerprint density at radius 1 is 1.38 bits per heavy atom. The van der Waals surface area contributed by atoms with Gasteiger partial charge >= 0.3 is 0 Å². The Morgan fingerprint density at radius 3 is 2.57 bits per heavy atom. The minimum atomic E-state index is -3.94. The number of halogens is 2. The molecule has 7 heteroatoms. The number of nitrogens with one attached hydrogen (secondary N) is 1. The first-order valence-electron chi connectivity index (χ1n) is 6.95. The average molecular weight is 335 g/mol. The number of rotatable bonds is 5. The van der Waals surface area contributed by atoms with Crippen LogP contribution in [0.1, 0.15) is 38.2 Å². The molecule has 0 radical (unpaired) electrons. The first-order chi connectivity index (χ1) is 9.77. The Bertz CT molecular complexity index is 628. The van der Waals surface area contributed by atoms with Crippen molar-refractivity contribution in [2.45, 2.75) is 44.0 Å². The number of benzene rings is 1. The Balaban J connectivity index is 2.25. The van der Waals surface area contributed by atoms with Crippen LogP contribution in [0, 0.1) is 11.2 Å². The third-order valence-corrected chi connectivity index (χ3v) is 5.71. The second-order valence-corrected chi connectivity index (χ2v) is 8.10. The third-order valence-electron chi connectivity index (χ3n) is 4.09. The van der Waals surface area contributed by atoms with Crippen molar-refractivity contribution >= 4 is 21.6 Å². The minimum absolute atomic E-state index is 0.0567. The summed E-state index contributed by atoms with van der Waals surface area (Å²) < 4.78 is 41.3. The zero-order valence-corrected chi connectivity index (χ0v) is 13.5. The quantitative estimate of drug-likeness (QED) is 0.869. The highest BCUT2D eigenvalue weighted by molar-refractivity contribution is 7.89. The summed E-state index contributed by atoms with van der Waals surface area (Å²) in [6.07, 6.45) is 4.14. The summed E-state index contributed by atoms with van der Waals surface area (Å²) in [4.78, 5) is -0.433. The minimum Gasteiger partial charge on any atom is -0.326 e. The highest BCUT2D eigenvalue weighted by atomic mass is 35.5. The van der Waals surface area contributed by atoms with E-state index in [0.717, 1.165) is 31.7 Å². The molecule has 0 spiro atoms. The molecule has 1 saturated carbocycles. The zero-order chi connectivity index (χ0) is 15.7. The van der Waals surface area contributed by atoms with Crippen molar-refractivity contribution < 1.29 is 12.8 Å². The largest absolute Gasteiger partial charge is 0.326 e. The molecule has 0 saturated heterocycles. The number of sulfonamides is 1. The summed E-state index contributed by atoms with van der Waals surface area (Å²) in [7, 11) is -3.94. The first kappa shape index (κ1) is 16.7. The molecule has 4 nitrogen and oxygen atoms in total. The Morgan fingerprint density at radius 2 is 2.00 bits per heavy atom. The van der Waals surface area contributed by atoms with Gasteiger partial charge in [-0.2, -0.15) is 0 Å². The molecule has 0 bridgehead atoms. The number of hydrogen-bond donors (Lipinski definition) is 2. The van der Waals surface area contributed by atoms with Gasteiger partial charge in [-0.1, -0.05) is 31.4 Å². The molecule has 0 amide bonds. The van der Waals surface area contributed by atoms with Crippen LogP contribution in [0.15, 0.2) is 17.0 Å². The van der Waals surface area contributed by atoms with Crippen LogP contribution in [0.2, 0.25) is 5.02 Å². The van der Waals surface area contributed by atoms with Crippen molar-refractivity contribution in [2.75, 3.05) is 6.54 Å². The van der Waals surface area contributed by atoms with E-state index in [4.69, 9.17) is 17.3 Å². The fourth-order valence-electron chi connectivity index (χ4n) is 2.71. The maximum atomic E-state index is 14.2. The molecule has 1 aromatic rings. The van der Waals surface area contributed by atoms with Gasteiger partial charge in [0.1, 0.15) is 10.7 Å². The Kier molecular flexibility index (Phi) is 4.92. The summed E-state index contributed by atoms with van der Waals surface area (Å²) in [6, 6.07) is 2.46. The van der Waals surface area contributed by atoms with Crippen molar-refractivity contribution in [1.29, 1.82) is 0 Å². The smallest absolute Gasteiger partial charge is 0.243 e. The van der Waals surface area contributed by atoms with Crippen molar-refractivity contribution in [1.82, 2.24) is 4.72 Å². The van der Waals surface area contributed by atoms with E-state index in [2.05, 4.69) is 4.72 Å². The van der Waals surface area contributed by atoms with E-state index in [1.165, 1.54) is 6.07 Å². The Hall–Kier alpha value is -0.690. The van der Waals surface area contributed by atoms with Crippen LogP contribution < -0.4 is 10.5 Å². The van der Waals surface area contributed by atoms with Gasteiger partial charge in [0.25, 0.3) is 0 Å². The lowest BCUT2D eigenvalue weighted by Gasteiger charge is -2.23. The van der Waals surface area contributed by atoms with E-state index in [0.29, 0.717) is 6.54 Å².